The number of benzene rings is 1. The highest BCUT2D eigenvalue weighted by molar-refractivity contribution is 5.89. The molecule has 2 rings (SSSR count). The Morgan fingerprint density at radius 2 is 2.12 bits per heavy atom. The molecule has 1 fully saturated rings. The number of halogens is 1. The molecule has 1 aliphatic rings. The van der Waals surface area contributed by atoms with Gasteiger partial charge in [-0.3, -0.25) is 0 Å². The molecule has 1 aromatic carbocycles. The molecule has 1 aromatic rings. The van der Waals surface area contributed by atoms with Crippen molar-refractivity contribution in [3.8, 4) is 5.75 Å². The van der Waals surface area contributed by atoms with E-state index in [4.69, 9.17) is 4.74 Å². The summed E-state index contributed by atoms with van der Waals surface area (Å²) in [4.78, 5) is 13.5. The number of likely N-dealkylation sites (tertiary alicyclic amines) is 1. The molecule has 2 amide bonds. The molecule has 0 radical (unpaired) electrons. The molecule has 1 N–H and O–H groups in total. The molecule has 1 saturated heterocycles. The Morgan fingerprint density at radius 3 is 2.71 bits per heavy atom. The van der Waals surface area contributed by atoms with E-state index in [0.29, 0.717) is 5.69 Å². The zero-order valence-electron chi connectivity index (χ0n) is 9.70. The van der Waals surface area contributed by atoms with Gasteiger partial charge >= 0.3 is 6.03 Å². The lowest BCUT2D eigenvalue weighted by molar-refractivity contribution is 0.222. The van der Waals surface area contributed by atoms with Gasteiger partial charge in [0.2, 0.25) is 0 Å². The van der Waals surface area contributed by atoms with Gasteiger partial charge in [-0.2, -0.15) is 0 Å². The smallest absolute Gasteiger partial charge is 0.321 e. The lowest BCUT2D eigenvalue weighted by Gasteiger charge is -2.16. The fourth-order valence-electron chi connectivity index (χ4n) is 1.87. The summed E-state index contributed by atoms with van der Waals surface area (Å²) in [5.74, 6) is -0.309. The van der Waals surface area contributed by atoms with Gasteiger partial charge in [-0.25, -0.2) is 9.18 Å². The van der Waals surface area contributed by atoms with Crippen molar-refractivity contribution < 1.29 is 13.9 Å². The zero-order chi connectivity index (χ0) is 12.3. The van der Waals surface area contributed by atoms with Crippen LogP contribution in [0.5, 0.6) is 5.75 Å². The molecule has 5 heteroatoms. The molecule has 1 heterocycles. The van der Waals surface area contributed by atoms with E-state index in [1.54, 1.807) is 11.0 Å². The number of nitrogens with one attached hydrogen (secondary N) is 1. The second-order valence-corrected chi connectivity index (χ2v) is 3.97. The van der Waals surface area contributed by atoms with Gasteiger partial charge in [-0.15, -0.1) is 0 Å². The maximum absolute atomic E-state index is 13.4. The second-order valence-electron chi connectivity index (χ2n) is 3.97. The fourth-order valence-corrected chi connectivity index (χ4v) is 1.87. The van der Waals surface area contributed by atoms with Crippen LogP contribution in [0.3, 0.4) is 0 Å². The Kier molecular flexibility index (Phi) is 3.46. The lowest BCUT2D eigenvalue weighted by Crippen LogP contribution is -2.32. The molecule has 17 heavy (non-hydrogen) atoms. The molecular weight excluding hydrogens is 223 g/mol. The quantitative estimate of drug-likeness (QED) is 0.859. The van der Waals surface area contributed by atoms with Crippen LogP contribution in [0.2, 0.25) is 0 Å². The molecule has 0 bridgehead atoms. The van der Waals surface area contributed by atoms with E-state index in [1.807, 2.05) is 0 Å². The molecule has 92 valence electrons. The number of carbonyl (C=O) groups excluding carboxylic acids is 1. The minimum absolute atomic E-state index is 0.171. The largest absolute Gasteiger partial charge is 0.494 e. The van der Waals surface area contributed by atoms with E-state index in [0.717, 1.165) is 25.9 Å². The number of rotatable bonds is 2. The van der Waals surface area contributed by atoms with E-state index in [-0.39, 0.29) is 11.8 Å². The molecular formula is C12H15FN2O2. The first kappa shape index (κ1) is 11.7. The number of carbonyl (C=O) groups is 1. The first-order chi connectivity index (χ1) is 8.20. The van der Waals surface area contributed by atoms with E-state index in [2.05, 4.69) is 5.32 Å². The minimum Gasteiger partial charge on any atom is -0.494 e. The van der Waals surface area contributed by atoms with Crippen LogP contribution in [-0.2, 0) is 0 Å². The third-order valence-corrected chi connectivity index (χ3v) is 2.80. The normalized spacial score (nSPS) is 14.8. The van der Waals surface area contributed by atoms with Crippen LogP contribution in [0, 0.1) is 5.82 Å². The topological polar surface area (TPSA) is 41.6 Å². The highest BCUT2D eigenvalue weighted by Gasteiger charge is 2.18. The third-order valence-electron chi connectivity index (χ3n) is 2.80. The van der Waals surface area contributed by atoms with E-state index < -0.39 is 5.82 Å². The van der Waals surface area contributed by atoms with Crippen molar-refractivity contribution in [2.24, 2.45) is 0 Å². The molecule has 0 aliphatic carbocycles. The van der Waals surface area contributed by atoms with Crippen molar-refractivity contribution in [3.05, 3.63) is 24.0 Å². The molecule has 1 aliphatic heterocycles. The second kappa shape index (κ2) is 5.03. The van der Waals surface area contributed by atoms with Crippen LogP contribution in [0.25, 0.3) is 0 Å². The summed E-state index contributed by atoms with van der Waals surface area (Å²) in [7, 11) is 1.40. The van der Waals surface area contributed by atoms with Crippen molar-refractivity contribution in [2.75, 3.05) is 25.5 Å². The number of methoxy groups -OCH3 is 1. The highest BCUT2D eigenvalue weighted by Crippen LogP contribution is 2.21. The van der Waals surface area contributed by atoms with Crippen LogP contribution in [-0.4, -0.2) is 31.1 Å². The molecule has 0 unspecified atom stereocenters. The van der Waals surface area contributed by atoms with Crippen molar-refractivity contribution in [3.63, 3.8) is 0 Å². The summed E-state index contributed by atoms with van der Waals surface area (Å²) in [5, 5.41) is 2.67. The standard InChI is InChI=1S/C12H15FN2O2/c1-17-11-5-4-9(8-10(11)13)14-12(16)15-6-2-3-7-15/h4-5,8H,2-3,6-7H2,1H3,(H,14,16). The van der Waals surface area contributed by atoms with E-state index in [9.17, 15) is 9.18 Å². The van der Waals surface area contributed by atoms with E-state index in [1.165, 1.54) is 19.2 Å². The van der Waals surface area contributed by atoms with Crippen LogP contribution in [0.15, 0.2) is 18.2 Å². The average Bonchev–Trinajstić information content (AvgIpc) is 2.82. The number of amides is 2. The lowest BCUT2D eigenvalue weighted by atomic mass is 10.3. The summed E-state index contributed by atoms with van der Waals surface area (Å²) in [6, 6.07) is 4.20. The Labute approximate surface area is 99.4 Å². The first-order valence-electron chi connectivity index (χ1n) is 5.60. The van der Waals surface area contributed by atoms with Crippen molar-refractivity contribution in [2.45, 2.75) is 12.8 Å². The third kappa shape index (κ3) is 2.67. The van der Waals surface area contributed by atoms with Gasteiger partial charge in [0.25, 0.3) is 0 Å². The monoisotopic (exact) mass is 238 g/mol. The van der Waals surface area contributed by atoms with Gasteiger partial charge in [-0.05, 0) is 25.0 Å². The Morgan fingerprint density at radius 1 is 1.41 bits per heavy atom. The van der Waals surface area contributed by atoms with Gasteiger partial charge < -0.3 is 15.0 Å². The molecule has 0 atom stereocenters. The summed E-state index contributed by atoms with van der Waals surface area (Å²) >= 11 is 0. The number of ether oxygens (including phenoxy) is 1. The maximum Gasteiger partial charge on any atom is 0.321 e. The average molecular weight is 238 g/mol. The first-order valence-corrected chi connectivity index (χ1v) is 5.60. The predicted molar refractivity (Wildman–Crippen MR) is 62.8 cm³/mol. The summed E-state index contributed by atoms with van der Waals surface area (Å²) in [5.41, 5.74) is 0.445. The number of hydrogen-bond acceptors (Lipinski definition) is 2. The SMILES string of the molecule is COc1ccc(NC(=O)N2CCCC2)cc1F. The van der Waals surface area contributed by atoms with Crippen LogP contribution in [0.4, 0.5) is 14.9 Å². The van der Waals surface area contributed by atoms with Crippen LogP contribution < -0.4 is 10.1 Å². The molecule has 0 spiro atoms. The predicted octanol–water partition coefficient (Wildman–Crippen LogP) is 2.46. The number of urea groups is 1. The van der Waals surface area contributed by atoms with Crippen LogP contribution in [0.1, 0.15) is 12.8 Å². The van der Waals surface area contributed by atoms with E-state index >= 15 is 0 Å². The van der Waals surface area contributed by atoms with Gasteiger partial charge in [-0.1, -0.05) is 0 Å². The Balaban J connectivity index is 2.03. The van der Waals surface area contributed by atoms with Crippen molar-refractivity contribution >= 4 is 11.7 Å². The van der Waals surface area contributed by atoms with Gasteiger partial charge in [0, 0.05) is 24.8 Å². The van der Waals surface area contributed by atoms with Crippen LogP contribution >= 0.6 is 0 Å². The summed E-state index contributed by atoms with van der Waals surface area (Å²) in [6.45, 7) is 1.54. The Bertz CT molecular complexity index is 417. The zero-order valence-corrected chi connectivity index (χ0v) is 9.70. The maximum atomic E-state index is 13.4. The number of hydrogen-bond donors (Lipinski definition) is 1. The van der Waals surface area contributed by atoms with Crippen molar-refractivity contribution in [1.82, 2.24) is 4.90 Å². The number of anilines is 1. The molecule has 4 nitrogen and oxygen atoms in total. The Hall–Kier alpha value is -1.78. The number of nitrogens with zero attached hydrogens (tertiary/aromatic N) is 1. The minimum atomic E-state index is -0.480. The van der Waals surface area contributed by atoms with Gasteiger partial charge in [0.15, 0.2) is 11.6 Å². The molecule has 0 aromatic heterocycles. The van der Waals surface area contributed by atoms with Gasteiger partial charge in [0.05, 0.1) is 7.11 Å². The van der Waals surface area contributed by atoms with Gasteiger partial charge in [0.1, 0.15) is 0 Å². The van der Waals surface area contributed by atoms with Crippen molar-refractivity contribution in [1.29, 1.82) is 0 Å². The summed E-state index contributed by atoms with van der Waals surface area (Å²) in [6.07, 6.45) is 2.06. The fraction of sp³-hybridized carbons (Fsp3) is 0.417. The molecule has 0 saturated carbocycles. The summed E-state index contributed by atoms with van der Waals surface area (Å²) < 4.78 is 18.2. The highest BCUT2D eigenvalue weighted by atomic mass is 19.1.